The van der Waals surface area contributed by atoms with Gasteiger partial charge in [0, 0.05) is 17.8 Å². The lowest BCUT2D eigenvalue weighted by atomic mass is 10.1. The molecule has 1 atom stereocenters. The number of anilines is 1. The number of rotatable bonds is 4. The van der Waals surface area contributed by atoms with Crippen molar-refractivity contribution < 1.29 is 45.1 Å². The summed E-state index contributed by atoms with van der Waals surface area (Å²) in [6.45, 7) is 0.464. The summed E-state index contributed by atoms with van der Waals surface area (Å²) in [5.74, 6) is -2.13. The summed E-state index contributed by atoms with van der Waals surface area (Å²) in [5, 5.41) is 5.94. The van der Waals surface area contributed by atoms with Crippen LogP contribution in [0.2, 0.25) is 0 Å². The number of morpholine rings is 1. The number of nitrogens with zero attached hydrogens (tertiary/aromatic N) is 3. The summed E-state index contributed by atoms with van der Waals surface area (Å²) in [7, 11) is 0. The number of halogens is 6. The predicted octanol–water partition coefficient (Wildman–Crippen LogP) is 5.26. The van der Waals surface area contributed by atoms with Crippen LogP contribution in [0, 0.1) is 0 Å². The van der Waals surface area contributed by atoms with Crippen LogP contribution in [-0.2, 0) is 10.9 Å². The summed E-state index contributed by atoms with van der Waals surface area (Å²) < 4.78 is 89.0. The number of alkyl halides is 6. The largest absolute Gasteiger partial charge is 0.573 e. The monoisotopic (exact) mass is 502 g/mol. The summed E-state index contributed by atoms with van der Waals surface area (Å²) in [6.07, 6.45) is -10.3. The number of ether oxygens (including phenoxy) is 2. The molecule has 2 heterocycles. The summed E-state index contributed by atoms with van der Waals surface area (Å²) in [5.41, 5.74) is 1.00. The van der Waals surface area contributed by atoms with Gasteiger partial charge in [0.25, 0.3) is 0 Å². The van der Waals surface area contributed by atoms with Crippen molar-refractivity contribution in [2.24, 2.45) is 0 Å². The van der Waals surface area contributed by atoms with E-state index >= 15 is 0 Å². The first-order chi connectivity index (χ1) is 16.5. The molecule has 4 rings (SSSR count). The molecule has 1 unspecified atom stereocenters. The van der Waals surface area contributed by atoms with Crippen LogP contribution >= 0.6 is 0 Å². The Hall–Kier alpha value is -3.81. The SMILES string of the molecule is O=C(Nc1ccc(-c2noc(C(F)(F)F)n2)cc1)N1CCOC(c2cccc(OC(F)(F)F)c2)C1. The highest BCUT2D eigenvalue weighted by molar-refractivity contribution is 5.89. The lowest BCUT2D eigenvalue weighted by Crippen LogP contribution is -2.44. The second kappa shape index (κ2) is 9.44. The molecular weight excluding hydrogens is 486 g/mol. The Kier molecular flexibility index (Phi) is 6.56. The van der Waals surface area contributed by atoms with Crippen molar-refractivity contribution in [2.45, 2.75) is 18.6 Å². The van der Waals surface area contributed by atoms with Crippen LogP contribution in [0.3, 0.4) is 0 Å². The molecule has 35 heavy (non-hydrogen) atoms. The number of benzene rings is 2. The number of hydrogen-bond acceptors (Lipinski definition) is 6. The van der Waals surface area contributed by atoms with Gasteiger partial charge in [0.1, 0.15) is 11.9 Å². The highest BCUT2D eigenvalue weighted by atomic mass is 19.4. The molecule has 0 aliphatic carbocycles. The molecular formula is C21H16F6N4O4. The summed E-state index contributed by atoms with van der Waals surface area (Å²) in [4.78, 5) is 17.4. The minimum atomic E-state index is -4.84. The molecule has 1 aliphatic rings. The number of hydrogen-bond donors (Lipinski definition) is 1. The quantitative estimate of drug-likeness (QED) is 0.490. The number of nitrogens with one attached hydrogen (secondary N) is 1. The molecule has 8 nitrogen and oxygen atoms in total. The van der Waals surface area contributed by atoms with E-state index in [1.807, 2.05) is 0 Å². The van der Waals surface area contributed by atoms with E-state index in [1.165, 1.54) is 41.3 Å². The van der Waals surface area contributed by atoms with Crippen LogP contribution in [0.5, 0.6) is 5.75 Å². The first-order valence-electron chi connectivity index (χ1n) is 10.0. The minimum Gasteiger partial charge on any atom is -0.406 e. The molecule has 3 aromatic rings. The Labute approximate surface area is 193 Å². The third kappa shape index (κ3) is 6.20. The van der Waals surface area contributed by atoms with Crippen LogP contribution < -0.4 is 10.1 Å². The van der Waals surface area contributed by atoms with Crippen molar-refractivity contribution >= 4 is 11.7 Å². The van der Waals surface area contributed by atoms with Crippen molar-refractivity contribution in [3.05, 3.63) is 60.0 Å². The molecule has 2 aromatic carbocycles. The van der Waals surface area contributed by atoms with Gasteiger partial charge in [0.2, 0.25) is 5.82 Å². The first kappa shape index (κ1) is 24.3. The Morgan fingerprint density at radius 2 is 1.83 bits per heavy atom. The number of amides is 2. The van der Waals surface area contributed by atoms with E-state index in [-0.39, 0.29) is 31.1 Å². The zero-order valence-corrected chi connectivity index (χ0v) is 17.6. The standard InChI is InChI=1S/C21H16F6N4O4/c22-20(23,24)18-29-17(30-35-18)12-4-6-14(7-5-12)28-19(32)31-8-9-33-16(11-31)13-2-1-3-15(10-13)34-21(25,26)27/h1-7,10,16H,8-9,11H2,(H,28,32). The van der Waals surface area contributed by atoms with Gasteiger partial charge in [-0.3, -0.25) is 0 Å². The van der Waals surface area contributed by atoms with Crippen LogP contribution in [-0.4, -0.2) is 47.1 Å². The van der Waals surface area contributed by atoms with Crippen molar-refractivity contribution in [3.63, 3.8) is 0 Å². The molecule has 0 saturated carbocycles. The van der Waals surface area contributed by atoms with Gasteiger partial charge >= 0.3 is 24.5 Å². The molecule has 0 bridgehead atoms. The van der Waals surface area contributed by atoms with Gasteiger partial charge in [-0.25, -0.2) is 4.79 Å². The van der Waals surface area contributed by atoms with Crippen molar-refractivity contribution in [2.75, 3.05) is 25.0 Å². The van der Waals surface area contributed by atoms with Gasteiger partial charge in [-0.05, 0) is 42.0 Å². The molecule has 1 aliphatic heterocycles. The van der Waals surface area contributed by atoms with Gasteiger partial charge in [-0.15, -0.1) is 13.2 Å². The van der Waals surface area contributed by atoms with Crippen molar-refractivity contribution in [1.82, 2.24) is 15.0 Å². The van der Waals surface area contributed by atoms with Gasteiger partial charge < -0.3 is 24.2 Å². The van der Waals surface area contributed by atoms with Crippen LogP contribution in [0.15, 0.2) is 53.1 Å². The Morgan fingerprint density at radius 1 is 1.09 bits per heavy atom. The van der Waals surface area contributed by atoms with Crippen LogP contribution in [0.1, 0.15) is 17.6 Å². The van der Waals surface area contributed by atoms with Gasteiger partial charge in [0.05, 0.1) is 13.2 Å². The zero-order valence-electron chi connectivity index (χ0n) is 17.6. The molecule has 1 aromatic heterocycles. The molecule has 2 amide bonds. The fraction of sp³-hybridized carbons (Fsp3) is 0.286. The lowest BCUT2D eigenvalue weighted by molar-refractivity contribution is -0.274. The van der Waals surface area contributed by atoms with Crippen molar-refractivity contribution in [1.29, 1.82) is 0 Å². The maximum absolute atomic E-state index is 12.7. The second-order valence-electron chi connectivity index (χ2n) is 7.35. The molecule has 14 heteroatoms. The first-order valence-corrected chi connectivity index (χ1v) is 10.0. The molecule has 1 N–H and O–H groups in total. The number of carbonyl (C=O) groups excluding carboxylic acids is 1. The van der Waals surface area contributed by atoms with E-state index in [0.717, 1.165) is 6.07 Å². The number of urea groups is 1. The number of carbonyl (C=O) groups is 1. The molecule has 1 fully saturated rings. The highest BCUT2D eigenvalue weighted by Crippen LogP contribution is 2.31. The second-order valence-corrected chi connectivity index (χ2v) is 7.35. The molecule has 0 radical (unpaired) electrons. The van der Waals surface area contributed by atoms with E-state index in [1.54, 1.807) is 6.07 Å². The average Bonchev–Trinajstić information content (AvgIpc) is 3.30. The average molecular weight is 502 g/mol. The fourth-order valence-corrected chi connectivity index (χ4v) is 3.31. The third-order valence-electron chi connectivity index (χ3n) is 4.88. The normalized spacial score (nSPS) is 16.7. The Morgan fingerprint density at radius 3 is 2.49 bits per heavy atom. The van der Waals surface area contributed by atoms with Gasteiger partial charge in [-0.2, -0.15) is 18.2 Å². The van der Waals surface area contributed by atoms with E-state index in [4.69, 9.17) is 4.74 Å². The van der Waals surface area contributed by atoms with Crippen molar-refractivity contribution in [3.8, 4) is 17.1 Å². The maximum Gasteiger partial charge on any atom is 0.573 e. The fourth-order valence-electron chi connectivity index (χ4n) is 3.31. The lowest BCUT2D eigenvalue weighted by Gasteiger charge is -2.33. The van der Waals surface area contributed by atoms with Crippen LogP contribution in [0.25, 0.3) is 11.4 Å². The van der Waals surface area contributed by atoms with E-state index in [2.05, 4.69) is 24.7 Å². The van der Waals surface area contributed by atoms with E-state index in [9.17, 15) is 31.1 Å². The van der Waals surface area contributed by atoms with Gasteiger partial charge in [0.15, 0.2) is 0 Å². The minimum absolute atomic E-state index is 0.0719. The Bertz CT molecular complexity index is 1180. The molecule has 0 spiro atoms. The predicted molar refractivity (Wildman–Crippen MR) is 107 cm³/mol. The van der Waals surface area contributed by atoms with Crippen LogP contribution in [0.4, 0.5) is 36.8 Å². The smallest absolute Gasteiger partial charge is 0.406 e. The summed E-state index contributed by atoms with van der Waals surface area (Å²) in [6, 6.07) is 10.5. The molecule has 1 saturated heterocycles. The topological polar surface area (TPSA) is 89.7 Å². The van der Waals surface area contributed by atoms with E-state index in [0.29, 0.717) is 11.3 Å². The maximum atomic E-state index is 12.7. The Balaban J connectivity index is 1.38. The third-order valence-corrected chi connectivity index (χ3v) is 4.88. The summed E-state index contributed by atoms with van der Waals surface area (Å²) >= 11 is 0. The highest BCUT2D eigenvalue weighted by Gasteiger charge is 2.38. The number of aromatic nitrogens is 2. The van der Waals surface area contributed by atoms with E-state index < -0.39 is 36.3 Å². The zero-order chi connectivity index (χ0) is 25.2. The van der Waals surface area contributed by atoms with Gasteiger partial charge in [-0.1, -0.05) is 17.3 Å². The molecule has 186 valence electrons.